The largest absolute Gasteiger partial charge is 0.492 e. The Balaban J connectivity index is 1.63. The number of carbonyl (C=O) groups excluding carboxylic acids is 1. The Morgan fingerprint density at radius 2 is 1.84 bits per heavy atom. The van der Waals surface area contributed by atoms with Crippen LogP contribution in [0.25, 0.3) is 0 Å². The SMILES string of the molecule is CCOc1ccc(NC(=O)CCCSc2ccccc2)cc1S(=O)(=O)N1CCCCC1. The number of piperidine rings is 1. The summed E-state index contributed by atoms with van der Waals surface area (Å²) in [7, 11) is -3.67. The molecule has 0 atom stereocenters. The van der Waals surface area contributed by atoms with Crippen molar-refractivity contribution in [2.75, 3.05) is 30.8 Å². The second-order valence-corrected chi connectivity index (χ2v) is 10.4. The van der Waals surface area contributed by atoms with Crippen LogP contribution in [0.1, 0.15) is 39.0 Å². The first-order valence-electron chi connectivity index (χ1n) is 10.8. The van der Waals surface area contributed by atoms with Gasteiger partial charge in [0.05, 0.1) is 6.61 Å². The van der Waals surface area contributed by atoms with Gasteiger partial charge in [-0.25, -0.2) is 8.42 Å². The molecule has 1 aliphatic heterocycles. The van der Waals surface area contributed by atoms with E-state index in [0.717, 1.165) is 31.4 Å². The first-order valence-corrected chi connectivity index (χ1v) is 13.2. The van der Waals surface area contributed by atoms with Gasteiger partial charge in [-0.3, -0.25) is 4.79 Å². The Bertz CT molecular complexity index is 959. The lowest BCUT2D eigenvalue weighted by molar-refractivity contribution is -0.116. The molecule has 0 saturated carbocycles. The standard InChI is InChI=1S/C23H30N2O4S2/c1-2-29-21-14-13-19(18-22(21)31(27,28)25-15-7-4-8-16-25)24-23(26)12-9-17-30-20-10-5-3-6-11-20/h3,5-6,10-11,13-14,18H,2,4,7-9,12,15-17H2,1H3,(H,24,26). The number of amides is 1. The van der Waals surface area contributed by atoms with Crippen molar-refractivity contribution < 1.29 is 17.9 Å². The lowest BCUT2D eigenvalue weighted by Crippen LogP contribution is -2.35. The number of hydrogen-bond donors (Lipinski definition) is 1. The summed E-state index contributed by atoms with van der Waals surface area (Å²) in [5, 5.41) is 2.84. The lowest BCUT2D eigenvalue weighted by atomic mass is 10.2. The molecule has 0 aromatic heterocycles. The fourth-order valence-corrected chi connectivity index (χ4v) is 6.02. The number of benzene rings is 2. The van der Waals surface area contributed by atoms with Crippen molar-refractivity contribution in [1.82, 2.24) is 4.31 Å². The van der Waals surface area contributed by atoms with Gasteiger partial charge in [0.25, 0.3) is 0 Å². The predicted molar refractivity (Wildman–Crippen MR) is 125 cm³/mol. The minimum absolute atomic E-state index is 0.119. The smallest absolute Gasteiger partial charge is 0.246 e. The summed E-state index contributed by atoms with van der Waals surface area (Å²) in [5.74, 6) is 1.04. The molecule has 168 valence electrons. The molecule has 2 aromatic rings. The molecule has 1 N–H and O–H groups in total. The molecule has 0 spiro atoms. The molecule has 0 aliphatic carbocycles. The first kappa shape index (κ1) is 23.6. The van der Waals surface area contributed by atoms with E-state index in [1.165, 1.54) is 15.3 Å². The summed E-state index contributed by atoms with van der Waals surface area (Å²) >= 11 is 1.72. The fourth-order valence-electron chi connectivity index (χ4n) is 3.47. The Hall–Kier alpha value is -2.03. The average molecular weight is 463 g/mol. The van der Waals surface area contributed by atoms with Gasteiger partial charge in [-0.05, 0) is 62.3 Å². The second-order valence-electron chi connectivity index (χ2n) is 7.37. The van der Waals surface area contributed by atoms with Gasteiger partial charge in [0.2, 0.25) is 15.9 Å². The van der Waals surface area contributed by atoms with Gasteiger partial charge in [0, 0.05) is 30.1 Å². The molecule has 1 amide bonds. The number of anilines is 1. The van der Waals surface area contributed by atoms with Crippen molar-refractivity contribution in [3.05, 3.63) is 48.5 Å². The molecule has 1 saturated heterocycles. The van der Waals surface area contributed by atoms with Crippen molar-refractivity contribution in [2.45, 2.75) is 48.8 Å². The Morgan fingerprint density at radius 1 is 1.10 bits per heavy atom. The van der Waals surface area contributed by atoms with E-state index in [0.29, 0.717) is 37.6 Å². The highest BCUT2D eigenvalue weighted by Gasteiger charge is 2.29. The number of ether oxygens (including phenoxy) is 1. The summed E-state index contributed by atoms with van der Waals surface area (Å²) in [4.78, 5) is 13.7. The third-order valence-corrected chi connectivity index (χ3v) is 8.04. The number of thioether (sulfide) groups is 1. The van der Waals surface area contributed by atoms with E-state index in [1.807, 2.05) is 25.1 Å². The molecule has 6 nitrogen and oxygen atoms in total. The summed E-state index contributed by atoms with van der Waals surface area (Å²) in [5.41, 5.74) is 0.472. The maximum atomic E-state index is 13.2. The minimum Gasteiger partial charge on any atom is -0.492 e. The molecular weight excluding hydrogens is 432 g/mol. The third kappa shape index (κ3) is 6.72. The van der Waals surface area contributed by atoms with Crippen molar-refractivity contribution in [3.8, 4) is 5.75 Å². The molecular formula is C23H30N2O4S2. The zero-order valence-electron chi connectivity index (χ0n) is 17.9. The van der Waals surface area contributed by atoms with Crippen LogP contribution in [-0.2, 0) is 14.8 Å². The van der Waals surface area contributed by atoms with Crippen LogP contribution in [0, 0.1) is 0 Å². The highest BCUT2D eigenvalue weighted by Crippen LogP contribution is 2.31. The molecule has 1 fully saturated rings. The van der Waals surface area contributed by atoms with E-state index in [-0.39, 0.29) is 10.8 Å². The summed E-state index contributed by atoms with van der Waals surface area (Å²) < 4.78 is 33.5. The number of carbonyl (C=O) groups is 1. The third-order valence-electron chi connectivity index (χ3n) is 5.02. The van der Waals surface area contributed by atoms with Crippen LogP contribution in [0.5, 0.6) is 5.75 Å². The number of nitrogens with zero attached hydrogens (tertiary/aromatic N) is 1. The van der Waals surface area contributed by atoms with E-state index in [1.54, 1.807) is 23.9 Å². The van der Waals surface area contributed by atoms with Crippen LogP contribution in [0.4, 0.5) is 5.69 Å². The topological polar surface area (TPSA) is 75.7 Å². The Kier molecular flexibility index (Phi) is 8.80. The van der Waals surface area contributed by atoms with Gasteiger partial charge >= 0.3 is 0 Å². The van der Waals surface area contributed by atoms with Crippen molar-refractivity contribution in [3.63, 3.8) is 0 Å². The highest BCUT2D eigenvalue weighted by atomic mass is 32.2. The van der Waals surface area contributed by atoms with E-state index < -0.39 is 10.0 Å². The van der Waals surface area contributed by atoms with Gasteiger partial charge in [-0.2, -0.15) is 4.31 Å². The van der Waals surface area contributed by atoms with Crippen molar-refractivity contribution in [2.24, 2.45) is 0 Å². The quantitative estimate of drug-likeness (QED) is 0.407. The minimum atomic E-state index is -3.67. The summed E-state index contributed by atoms with van der Waals surface area (Å²) in [6.45, 7) is 3.22. The molecule has 0 unspecified atom stereocenters. The van der Waals surface area contributed by atoms with Gasteiger partial charge < -0.3 is 10.1 Å². The number of sulfonamides is 1. The molecule has 1 heterocycles. The van der Waals surface area contributed by atoms with Crippen LogP contribution >= 0.6 is 11.8 Å². The monoisotopic (exact) mass is 462 g/mol. The maximum absolute atomic E-state index is 13.2. The van der Waals surface area contributed by atoms with Crippen LogP contribution in [0.3, 0.4) is 0 Å². The Labute approximate surface area is 189 Å². The highest BCUT2D eigenvalue weighted by molar-refractivity contribution is 7.99. The molecule has 2 aromatic carbocycles. The summed E-state index contributed by atoms with van der Waals surface area (Å²) in [6, 6.07) is 14.9. The predicted octanol–water partition coefficient (Wildman–Crippen LogP) is 4.77. The Morgan fingerprint density at radius 3 is 2.55 bits per heavy atom. The van der Waals surface area contributed by atoms with Gasteiger partial charge in [-0.15, -0.1) is 11.8 Å². The second kappa shape index (κ2) is 11.5. The van der Waals surface area contributed by atoms with E-state index in [9.17, 15) is 13.2 Å². The van der Waals surface area contributed by atoms with Crippen LogP contribution in [0.2, 0.25) is 0 Å². The molecule has 8 heteroatoms. The molecule has 0 bridgehead atoms. The van der Waals surface area contributed by atoms with E-state index in [2.05, 4.69) is 17.4 Å². The van der Waals surface area contributed by atoms with Gasteiger partial charge in [-0.1, -0.05) is 24.6 Å². The zero-order valence-corrected chi connectivity index (χ0v) is 19.5. The number of hydrogen-bond acceptors (Lipinski definition) is 5. The van der Waals surface area contributed by atoms with Gasteiger partial charge in [0.15, 0.2) is 0 Å². The molecule has 3 rings (SSSR count). The van der Waals surface area contributed by atoms with Crippen LogP contribution in [-0.4, -0.2) is 44.1 Å². The molecule has 31 heavy (non-hydrogen) atoms. The normalized spacial score (nSPS) is 14.9. The van der Waals surface area contributed by atoms with Crippen LogP contribution < -0.4 is 10.1 Å². The van der Waals surface area contributed by atoms with Crippen molar-refractivity contribution >= 4 is 33.4 Å². The first-order chi connectivity index (χ1) is 15.0. The number of rotatable bonds is 10. The zero-order chi connectivity index (χ0) is 22.1. The van der Waals surface area contributed by atoms with Crippen LogP contribution in [0.15, 0.2) is 58.3 Å². The van der Waals surface area contributed by atoms with E-state index >= 15 is 0 Å². The van der Waals surface area contributed by atoms with Crippen molar-refractivity contribution in [1.29, 1.82) is 0 Å². The number of nitrogens with one attached hydrogen (secondary N) is 1. The lowest BCUT2D eigenvalue weighted by Gasteiger charge is -2.27. The summed E-state index contributed by atoms with van der Waals surface area (Å²) in [6.07, 6.45) is 3.88. The fraction of sp³-hybridized carbons (Fsp3) is 0.435. The maximum Gasteiger partial charge on any atom is 0.246 e. The van der Waals surface area contributed by atoms with Gasteiger partial charge in [0.1, 0.15) is 10.6 Å². The molecule has 0 radical (unpaired) electrons. The van der Waals surface area contributed by atoms with E-state index in [4.69, 9.17) is 4.74 Å². The average Bonchev–Trinajstić information content (AvgIpc) is 2.79. The molecule has 1 aliphatic rings.